The lowest BCUT2D eigenvalue weighted by Gasteiger charge is -2.15. The molecule has 0 saturated carbocycles. The highest BCUT2D eigenvalue weighted by Gasteiger charge is 2.08. The van der Waals surface area contributed by atoms with Crippen LogP contribution in [0.4, 0.5) is 0 Å². The summed E-state index contributed by atoms with van der Waals surface area (Å²) < 4.78 is 0. The van der Waals surface area contributed by atoms with E-state index in [0.717, 1.165) is 12.5 Å². The van der Waals surface area contributed by atoms with E-state index in [1.165, 1.54) is 10.8 Å². The van der Waals surface area contributed by atoms with Crippen molar-refractivity contribution < 1.29 is 9.90 Å². The number of rotatable bonds is 1. The zero-order valence-corrected chi connectivity index (χ0v) is 12.9. The maximum absolute atomic E-state index is 9.00. The Morgan fingerprint density at radius 3 is 2.29 bits per heavy atom. The molecule has 21 heavy (non-hydrogen) atoms. The van der Waals surface area contributed by atoms with E-state index in [4.69, 9.17) is 9.90 Å². The van der Waals surface area contributed by atoms with Crippen LogP contribution in [0.5, 0.6) is 0 Å². The fourth-order valence-electron chi connectivity index (χ4n) is 1.56. The molecule has 0 aliphatic carbocycles. The third-order valence-electron chi connectivity index (χ3n) is 2.89. The molecule has 0 unspecified atom stereocenters. The van der Waals surface area contributed by atoms with Gasteiger partial charge in [-0.1, -0.05) is 42.2 Å². The number of carbonyl (C=O) groups is 1. The molecule has 0 saturated heterocycles. The minimum atomic E-state index is -0.833. The van der Waals surface area contributed by atoms with Crippen LogP contribution in [0.3, 0.4) is 0 Å². The Morgan fingerprint density at radius 1 is 1.14 bits per heavy atom. The Bertz CT molecular complexity index is 674. The first kappa shape index (κ1) is 16.7. The van der Waals surface area contributed by atoms with E-state index in [1.807, 2.05) is 7.05 Å². The Balaban J connectivity index is 0.000000491. The van der Waals surface area contributed by atoms with Gasteiger partial charge in [-0.2, -0.15) is 0 Å². The van der Waals surface area contributed by atoms with Crippen molar-refractivity contribution in [3.05, 3.63) is 48.0 Å². The van der Waals surface area contributed by atoms with Gasteiger partial charge < -0.3 is 10.4 Å². The molecule has 0 bridgehead atoms. The first-order chi connectivity index (χ1) is 9.84. The van der Waals surface area contributed by atoms with Crippen LogP contribution in [0.25, 0.3) is 10.8 Å². The Hall–Kier alpha value is -2.31. The van der Waals surface area contributed by atoms with E-state index in [9.17, 15) is 0 Å². The Morgan fingerprint density at radius 2 is 1.71 bits per heavy atom. The Labute approximate surface area is 126 Å². The minimum Gasteiger partial charge on any atom is -0.481 e. The van der Waals surface area contributed by atoms with E-state index < -0.39 is 5.97 Å². The van der Waals surface area contributed by atoms with Crippen molar-refractivity contribution in [1.29, 1.82) is 0 Å². The summed E-state index contributed by atoms with van der Waals surface area (Å²) in [6.07, 6.45) is 0. The van der Waals surface area contributed by atoms with Crippen LogP contribution in [0.1, 0.15) is 26.3 Å². The number of carboxylic acids is 1. The molecule has 0 heterocycles. The quantitative estimate of drug-likeness (QED) is 0.790. The molecule has 0 spiro atoms. The molecule has 3 heteroatoms. The van der Waals surface area contributed by atoms with Gasteiger partial charge in [-0.25, -0.2) is 0 Å². The smallest absolute Gasteiger partial charge is 0.300 e. The molecular weight excluding hydrogens is 262 g/mol. The summed E-state index contributed by atoms with van der Waals surface area (Å²) in [5, 5.41) is 13.1. The normalized spacial score (nSPS) is 10.1. The highest BCUT2D eigenvalue weighted by molar-refractivity contribution is 5.83. The second kappa shape index (κ2) is 7.47. The monoisotopic (exact) mass is 283 g/mol. The minimum absolute atomic E-state index is 0.147. The molecule has 2 aromatic carbocycles. The van der Waals surface area contributed by atoms with Crippen molar-refractivity contribution in [3.63, 3.8) is 0 Å². The van der Waals surface area contributed by atoms with Gasteiger partial charge in [-0.15, -0.1) is 0 Å². The van der Waals surface area contributed by atoms with Crippen molar-refractivity contribution in [3.8, 4) is 11.8 Å². The number of nitrogens with one attached hydrogen (secondary N) is 1. The summed E-state index contributed by atoms with van der Waals surface area (Å²) in [7, 11) is 1.93. The molecule has 0 radical (unpaired) electrons. The van der Waals surface area contributed by atoms with Gasteiger partial charge >= 0.3 is 0 Å². The number of fused-ring (bicyclic) bond motifs is 1. The van der Waals surface area contributed by atoms with Crippen LogP contribution in [0, 0.1) is 11.8 Å². The first-order valence-corrected chi connectivity index (χ1v) is 6.74. The third-order valence-corrected chi connectivity index (χ3v) is 2.89. The van der Waals surface area contributed by atoms with E-state index in [0.29, 0.717) is 0 Å². The first-order valence-electron chi connectivity index (χ1n) is 6.74. The topological polar surface area (TPSA) is 49.3 Å². The van der Waals surface area contributed by atoms with Crippen LogP contribution in [-0.2, 0) is 4.79 Å². The molecular formula is C18H21NO2. The molecule has 0 aliphatic heterocycles. The molecule has 0 fully saturated rings. The van der Waals surface area contributed by atoms with E-state index in [1.54, 1.807) is 0 Å². The zero-order valence-electron chi connectivity index (χ0n) is 12.9. The van der Waals surface area contributed by atoms with Gasteiger partial charge in [0.05, 0.1) is 5.54 Å². The molecule has 2 N–H and O–H groups in total. The summed E-state index contributed by atoms with van der Waals surface area (Å²) in [5.74, 6) is 5.61. The maximum atomic E-state index is 9.00. The van der Waals surface area contributed by atoms with Gasteiger partial charge in [0.1, 0.15) is 0 Å². The van der Waals surface area contributed by atoms with Gasteiger partial charge in [0.25, 0.3) is 5.97 Å². The van der Waals surface area contributed by atoms with E-state index in [2.05, 4.69) is 73.5 Å². The van der Waals surface area contributed by atoms with Gasteiger partial charge in [-0.3, -0.25) is 4.79 Å². The lowest BCUT2D eigenvalue weighted by molar-refractivity contribution is -0.134. The average molecular weight is 283 g/mol. The predicted octanol–water partition coefficient (Wildman–Crippen LogP) is 3.28. The standard InChI is InChI=1S/C16H17N.C2H4O2/c1-16(2,17-3)11-10-13-8-9-14-6-4-5-7-15(14)12-13;1-2(3)4/h4-9,12,17H,1-3H3;1H3,(H,3,4). The molecule has 0 aromatic heterocycles. The maximum Gasteiger partial charge on any atom is 0.300 e. The number of benzene rings is 2. The number of hydrogen-bond acceptors (Lipinski definition) is 2. The summed E-state index contributed by atoms with van der Waals surface area (Å²) >= 11 is 0. The lowest BCUT2D eigenvalue weighted by Crippen LogP contribution is -2.34. The Kier molecular flexibility index (Phi) is 5.95. The number of aliphatic carboxylic acids is 1. The molecule has 0 atom stereocenters. The van der Waals surface area contributed by atoms with Gasteiger partial charge in [0.2, 0.25) is 0 Å². The summed E-state index contributed by atoms with van der Waals surface area (Å²) in [5.41, 5.74) is 0.915. The molecule has 2 rings (SSSR count). The second-order valence-corrected chi connectivity index (χ2v) is 5.21. The highest BCUT2D eigenvalue weighted by atomic mass is 16.4. The molecule has 0 amide bonds. The highest BCUT2D eigenvalue weighted by Crippen LogP contribution is 2.15. The zero-order chi connectivity index (χ0) is 15.9. The average Bonchev–Trinajstić information content (AvgIpc) is 2.44. The fraction of sp³-hybridized carbons (Fsp3) is 0.278. The summed E-state index contributed by atoms with van der Waals surface area (Å²) in [6.45, 7) is 5.22. The predicted molar refractivity (Wildman–Crippen MR) is 87.3 cm³/mol. The SMILES string of the molecule is CC(=O)O.CNC(C)(C)C#Cc1ccc2ccccc2c1. The van der Waals surface area contributed by atoms with Gasteiger partial charge in [0.15, 0.2) is 0 Å². The summed E-state index contributed by atoms with van der Waals surface area (Å²) in [4.78, 5) is 9.00. The second-order valence-electron chi connectivity index (χ2n) is 5.21. The largest absolute Gasteiger partial charge is 0.481 e. The van der Waals surface area contributed by atoms with Crippen LogP contribution < -0.4 is 5.32 Å². The third kappa shape index (κ3) is 6.11. The van der Waals surface area contributed by atoms with Gasteiger partial charge in [-0.05, 0) is 43.8 Å². The van der Waals surface area contributed by atoms with Crippen LogP contribution in [-0.4, -0.2) is 23.7 Å². The van der Waals surface area contributed by atoms with Crippen LogP contribution in [0.2, 0.25) is 0 Å². The van der Waals surface area contributed by atoms with Crippen molar-refractivity contribution >= 4 is 16.7 Å². The molecule has 0 aliphatic rings. The number of carboxylic acid groups (broad SMARTS) is 1. The summed E-state index contributed by atoms with van der Waals surface area (Å²) in [6, 6.07) is 14.7. The van der Waals surface area contributed by atoms with E-state index in [-0.39, 0.29) is 5.54 Å². The van der Waals surface area contributed by atoms with Crippen molar-refractivity contribution in [1.82, 2.24) is 5.32 Å². The molecule has 2 aromatic rings. The van der Waals surface area contributed by atoms with Crippen molar-refractivity contribution in [2.75, 3.05) is 7.05 Å². The molecule has 3 nitrogen and oxygen atoms in total. The van der Waals surface area contributed by atoms with Crippen LogP contribution in [0.15, 0.2) is 42.5 Å². The van der Waals surface area contributed by atoms with E-state index >= 15 is 0 Å². The molecule has 110 valence electrons. The van der Waals surface area contributed by atoms with Crippen LogP contribution >= 0.6 is 0 Å². The van der Waals surface area contributed by atoms with Crippen molar-refractivity contribution in [2.45, 2.75) is 26.3 Å². The van der Waals surface area contributed by atoms with Crippen molar-refractivity contribution in [2.24, 2.45) is 0 Å². The lowest BCUT2D eigenvalue weighted by atomic mass is 10.0. The van der Waals surface area contributed by atoms with Gasteiger partial charge in [0, 0.05) is 12.5 Å². The fourth-order valence-corrected chi connectivity index (χ4v) is 1.56. The number of hydrogen-bond donors (Lipinski definition) is 2.